The SMILES string of the molecule is CC1=CC(C)=Nc2ccccc2[NH2+]1.O.O.[Cl-]. The van der Waals surface area contributed by atoms with E-state index in [1.165, 1.54) is 11.4 Å². The summed E-state index contributed by atoms with van der Waals surface area (Å²) in [5, 5.41) is 2.16. The predicted octanol–water partition coefficient (Wildman–Crippen LogP) is -2.75. The molecule has 2 rings (SSSR count). The van der Waals surface area contributed by atoms with Crippen LogP contribution in [0.25, 0.3) is 0 Å². The predicted molar refractivity (Wildman–Crippen MR) is 61.8 cm³/mol. The highest BCUT2D eigenvalue weighted by Crippen LogP contribution is 2.21. The summed E-state index contributed by atoms with van der Waals surface area (Å²) in [6.07, 6.45) is 2.10. The molecule has 0 unspecified atom stereocenters. The zero-order valence-electron chi connectivity index (χ0n) is 9.29. The van der Waals surface area contributed by atoms with Gasteiger partial charge in [0, 0.05) is 24.8 Å². The van der Waals surface area contributed by atoms with Gasteiger partial charge in [0.25, 0.3) is 0 Å². The molecule has 1 aromatic rings. The Balaban J connectivity index is 0. The molecule has 1 heterocycles. The summed E-state index contributed by atoms with van der Waals surface area (Å²) in [5.41, 5.74) is 4.59. The number of benzene rings is 1. The number of nitrogens with zero attached hydrogens (tertiary/aromatic N) is 1. The largest absolute Gasteiger partial charge is 1.00 e. The van der Waals surface area contributed by atoms with Crippen LogP contribution in [0, 0.1) is 0 Å². The lowest BCUT2D eigenvalue weighted by Gasteiger charge is -1.99. The molecule has 0 aromatic heterocycles. The van der Waals surface area contributed by atoms with Crippen LogP contribution in [-0.4, -0.2) is 16.7 Å². The average molecular weight is 245 g/mol. The van der Waals surface area contributed by atoms with Crippen molar-refractivity contribution in [1.82, 2.24) is 0 Å². The van der Waals surface area contributed by atoms with Crippen LogP contribution in [0.2, 0.25) is 0 Å². The molecule has 0 saturated heterocycles. The van der Waals surface area contributed by atoms with E-state index in [4.69, 9.17) is 0 Å². The average Bonchev–Trinajstić information content (AvgIpc) is 2.20. The number of nitrogens with two attached hydrogens (primary N) is 1. The third kappa shape index (κ3) is 3.75. The number of halogens is 1. The summed E-state index contributed by atoms with van der Waals surface area (Å²) in [5.74, 6) is 0. The summed E-state index contributed by atoms with van der Waals surface area (Å²) in [4.78, 5) is 4.50. The normalized spacial score (nSPS) is 12.6. The Morgan fingerprint density at radius 2 is 1.69 bits per heavy atom. The number of rotatable bonds is 0. The van der Waals surface area contributed by atoms with Crippen LogP contribution >= 0.6 is 0 Å². The minimum absolute atomic E-state index is 0. The van der Waals surface area contributed by atoms with Gasteiger partial charge in [-0.2, -0.15) is 0 Å². The molecule has 0 atom stereocenters. The maximum absolute atomic E-state index is 4.50. The highest BCUT2D eigenvalue weighted by atomic mass is 35.5. The van der Waals surface area contributed by atoms with Gasteiger partial charge in [-0.05, 0) is 13.0 Å². The van der Waals surface area contributed by atoms with E-state index in [9.17, 15) is 0 Å². The van der Waals surface area contributed by atoms with Crippen molar-refractivity contribution in [3.8, 4) is 0 Å². The topological polar surface area (TPSA) is 92.0 Å². The number of para-hydroxylation sites is 2. The van der Waals surface area contributed by atoms with Crippen LogP contribution in [0.15, 0.2) is 41.0 Å². The molecular formula is C11H17ClN2O2. The summed E-state index contributed by atoms with van der Waals surface area (Å²) < 4.78 is 0. The van der Waals surface area contributed by atoms with Crippen LogP contribution in [0.1, 0.15) is 13.8 Å². The van der Waals surface area contributed by atoms with Gasteiger partial charge in [-0.25, -0.2) is 4.99 Å². The monoisotopic (exact) mass is 244 g/mol. The Morgan fingerprint density at radius 1 is 1.06 bits per heavy atom. The molecule has 0 saturated carbocycles. The molecule has 1 aliphatic rings. The Hall–Kier alpha value is -1.20. The van der Waals surface area contributed by atoms with Crippen molar-refractivity contribution in [3.05, 3.63) is 36.0 Å². The number of hydrogen-bond acceptors (Lipinski definition) is 1. The van der Waals surface area contributed by atoms with E-state index >= 15 is 0 Å². The van der Waals surface area contributed by atoms with Crippen molar-refractivity contribution in [2.45, 2.75) is 13.8 Å². The van der Waals surface area contributed by atoms with E-state index in [0.29, 0.717) is 0 Å². The van der Waals surface area contributed by atoms with E-state index in [0.717, 1.165) is 11.4 Å². The molecule has 0 amide bonds. The molecular weight excluding hydrogens is 228 g/mol. The maximum atomic E-state index is 4.50. The fourth-order valence-corrected chi connectivity index (χ4v) is 1.55. The smallest absolute Gasteiger partial charge is 0.160 e. The molecule has 1 aliphatic heterocycles. The summed E-state index contributed by atoms with van der Waals surface area (Å²) >= 11 is 0. The number of allylic oxidation sites excluding steroid dienone is 2. The summed E-state index contributed by atoms with van der Waals surface area (Å²) in [6, 6.07) is 8.19. The van der Waals surface area contributed by atoms with Crippen molar-refractivity contribution < 1.29 is 28.7 Å². The van der Waals surface area contributed by atoms with Gasteiger partial charge in [-0.1, -0.05) is 12.1 Å². The second kappa shape index (κ2) is 7.14. The Morgan fingerprint density at radius 3 is 2.38 bits per heavy atom. The molecule has 5 heteroatoms. The van der Waals surface area contributed by atoms with Crippen LogP contribution < -0.4 is 17.7 Å². The molecule has 4 nitrogen and oxygen atoms in total. The quantitative estimate of drug-likeness (QED) is 0.479. The first-order valence-corrected chi connectivity index (χ1v) is 4.43. The van der Waals surface area contributed by atoms with Crippen LogP contribution in [-0.2, 0) is 0 Å². The highest BCUT2D eigenvalue weighted by molar-refractivity contribution is 5.96. The number of fused-ring (bicyclic) bond motifs is 1. The molecule has 6 N–H and O–H groups in total. The van der Waals surface area contributed by atoms with Crippen molar-refractivity contribution >= 4 is 17.1 Å². The highest BCUT2D eigenvalue weighted by Gasteiger charge is 2.09. The van der Waals surface area contributed by atoms with Gasteiger partial charge in [0.15, 0.2) is 5.69 Å². The van der Waals surface area contributed by atoms with Crippen LogP contribution in [0.5, 0.6) is 0 Å². The third-order valence-corrected chi connectivity index (χ3v) is 2.05. The van der Waals surface area contributed by atoms with Gasteiger partial charge in [-0.15, -0.1) is 0 Å². The minimum atomic E-state index is 0. The molecule has 0 fully saturated rings. The standard InChI is InChI=1S/C11H12N2.ClH.2H2O/c1-8-7-9(2)13-11-6-4-3-5-10(11)12-8;;;/h3-7,12H,1-2H3;1H;2*1H2. The molecule has 0 spiro atoms. The third-order valence-electron chi connectivity index (χ3n) is 2.05. The summed E-state index contributed by atoms with van der Waals surface area (Å²) in [6.45, 7) is 4.13. The first-order chi connectivity index (χ1) is 6.25. The van der Waals surface area contributed by atoms with Gasteiger partial charge in [0.2, 0.25) is 0 Å². The van der Waals surface area contributed by atoms with Crippen molar-refractivity contribution in [1.29, 1.82) is 0 Å². The van der Waals surface area contributed by atoms with Crippen molar-refractivity contribution in [2.24, 2.45) is 4.99 Å². The zero-order valence-corrected chi connectivity index (χ0v) is 10.0. The van der Waals surface area contributed by atoms with E-state index in [1.54, 1.807) is 0 Å². The number of hydrogen-bond donors (Lipinski definition) is 1. The number of aliphatic imine (C=N–C) groups is 1. The van der Waals surface area contributed by atoms with Crippen molar-refractivity contribution in [2.75, 3.05) is 0 Å². The summed E-state index contributed by atoms with van der Waals surface area (Å²) in [7, 11) is 0. The van der Waals surface area contributed by atoms with E-state index in [-0.39, 0.29) is 23.4 Å². The lowest BCUT2D eigenvalue weighted by Crippen LogP contribution is -3.00. The van der Waals surface area contributed by atoms with Gasteiger partial charge in [-0.3, -0.25) is 5.32 Å². The number of quaternary nitrogens is 1. The molecule has 0 bridgehead atoms. The Kier molecular flexibility index (Phi) is 7.67. The second-order valence-corrected chi connectivity index (χ2v) is 3.34. The van der Waals surface area contributed by atoms with E-state index < -0.39 is 0 Å². The fraction of sp³-hybridized carbons (Fsp3) is 0.182. The molecule has 16 heavy (non-hydrogen) atoms. The van der Waals surface area contributed by atoms with Gasteiger partial charge in [0.1, 0.15) is 11.4 Å². The van der Waals surface area contributed by atoms with Crippen molar-refractivity contribution in [3.63, 3.8) is 0 Å². The van der Waals surface area contributed by atoms with Gasteiger partial charge in [0.05, 0.1) is 0 Å². The van der Waals surface area contributed by atoms with E-state index in [1.807, 2.05) is 25.1 Å². The minimum Gasteiger partial charge on any atom is -1.00 e. The Labute approximate surface area is 101 Å². The maximum Gasteiger partial charge on any atom is 0.160 e. The van der Waals surface area contributed by atoms with Crippen LogP contribution in [0.4, 0.5) is 11.4 Å². The van der Waals surface area contributed by atoms with E-state index in [2.05, 4.69) is 29.4 Å². The van der Waals surface area contributed by atoms with Crippen LogP contribution in [0.3, 0.4) is 0 Å². The zero-order chi connectivity index (χ0) is 9.26. The fourth-order valence-electron chi connectivity index (χ4n) is 1.55. The molecule has 1 aromatic carbocycles. The van der Waals surface area contributed by atoms with Gasteiger partial charge < -0.3 is 23.4 Å². The Bertz CT molecular complexity index is 403. The second-order valence-electron chi connectivity index (χ2n) is 3.34. The lowest BCUT2D eigenvalue weighted by molar-refractivity contribution is -0.516. The molecule has 90 valence electrons. The lowest BCUT2D eigenvalue weighted by atomic mass is 10.2. The first-order valence-electron chi connectivity index (χ1n) is 4.43. The molecule has 0 radical (unpaired) electrons. The first kappa shape index (κ1) is 17.2. The van der Waals surface area contributed by atoms with Gasteiger partial charge >= 0.3 is 0 Å². The molecule has 0 aliphatic carbocycles.